The summed E-state index contributed by atoms with van der Waals surface area (Å²) >= 11 is 12.8. The second-order valence-corrected chi connectivity index (χ2v) is 5.34. The smallest absolute Gasteiger partial charge is 0.126 e. The number of halogens is 2. The third-order valence-electron chi connectivity index (χ3n) is 3.19. The van der Waals surface area contributed by atoms with Crippen LogP contribution in [0.2, 0.25) is 5.02 Å². The minimum absolute atomic E-state index is 0.309. The Kier molecular flexibility index (Phi) is 3.26. The molecular formula is C16H12Cl2O. The SMILES string of the molecule is Cc1ccc(C(Cl)c2ccc(Cl)c3ccccc23)o1. The summed E-state index contributed by atoms with van der Waals surface area (Å²) in [6.07, 6.45) is 0. The number of hydrogen-bond donors (Lipinski definition) is 0. The molecule has 0 saturated carbocycles. The highest BCUT2D eigenvalue weighted by atomic mass is 35.5. The van der Waals surface area contributed by atoms with E-state index in [0.717, 1.165) is 32.9 Å². The normalized spacial score (nSPS) is 12.8. The van der Waals surface area contributed by atoms with Gasteiger partial charge < -0.3 is 4.42 Å². The fourth-order valence-corrected chi connectivity index (χ4v) is 2.78. The molecule has 0 saturated heterocycles. The zero-order valence-corrected chi connectivity index (χ0v) is 11.9. The van der Waals surface area contributed by atoms with Crippen LogP contribution in [0.25, 0.3) is 10.8 Å². The maximum absolute atomic E-state index is 6.54. The summed E-state index contributed by atoms with van der Waals surface area (Å²) in [7, 11) is 0. The van der Waals surface area contributed by atoms with Crippen LogP contribution in [0.3, 0.4) is 0 Å². The molecule has 0 bridgehead atoms. The lowest BCUT2D eigenvalue weighted by atomic mass is 10.0. The van der Waals surface area contributed by atoms with Gasteiger partial charge in [-0.1, -0.05) is 41.9 Å². The average Bonchev–Trinajstić information content (AvgIpc) is 2.86. The fraction of sp³-hybridized carbons (Fsp3) is 0.125. The van der Waals surface area contributed by atoms with E-state index in [-0.39, 0.29) is 5.38 Å². The summed E-state index contributed by atoms with van der Waals surface area (Å²) in [6, 6.07) is 15.7. The molecule has 0 fully saturated rings. The Morgan fingerprint density at radius 2 is 1.68 bits per heavy atom. The summed E-state index contributed by atoms with van der Waals surface area (Å²) in [5, 5.41) is 2.49. The van der Waals surface area contributed by atoms with Crippen molar-refractivity contribution in [3.05, 3.63) is 70.6 Å². The van der Waals surface area contributed by atoms with Crippen LogP contribution in [0.15, 0.2) is 52.9 Å². The van der Waals surface area contributed by atoms with E-state index < -0.39 is 0 Å². The molecule has 0 radical (unpaired) electrons. The van der Waals surface area contributed by atoms with E-state index >= 15 is 0 Å². The van der Waals surface area contributed by atoms with Crippen molar-refractivity contribution in [2.75, 3.05) is 0 Å². The Bertz CT molecular complexity index is 730. The van der Waals surface area contributed by atoms with Crippen LogP contribution in [-0.4, -0.2) is 0 Å². The highest BCUT2D eigenvalue weighted by Gasteiger charge is 2.17. The summed E-state index contributed by atoms with van der Waals surface area (Å²) < 4.78 is 5.61. The van der Waals surface area contributed by atoms with Gasteiger partial charge in [0.25, 0.3) is 0 Å². The molecule has 1 atom stereocenters. The van der Waals surface area contributed by atoms with Gasteiger partial charge in [0, 0.05) is 10.4 Å². The van der Waals surface area contributed by atoms with Crippen molar-refractivity contribution >= 4 is 34.0 Å². The Hall–Kier alpha value is -1.44. The molecule has 0 aliphatic rings. The predicted octanol–water partition coefficient (Wildman–Crippen LogP) is 5.72. The van der Waals surface area contributed by atoms with Crippen LogP contribution in [0, 0.1) is 6.92 Å². The number of hydrogen-bond acceptors (Lipinski definition) is 1. The van der Waals surface area contributed by atoms with E-state index in [9.17, 15) is 0 Å². The molecule has 1 nitrogen and oxygen atoms in total. The van der Waals surface area contributed by atoms with Crippen LogP contribution in [0.1, 0.15) is 22.5 Å². The van der Waals surface area contributed by atoms with E-state index in [1.165, 1.54) is 0 Å². The highest BCUT2D eigenvalue weighted by molar-refractivity contribution is 6.36. The summed E-state index contributed by atoms with van der Waals surface area (Å²) in [4.78, 5) is 0. The topological polar surface area (TPSA) is 13.1 Å². The zero-order valence-electron chi connectivity index (χ0n) is 10.4. The number of aryl methyl sites for hydroxylation is 1. The lowest BCUT2D eigenvalue weighted by molar-refractivity contribution is 0.489. The van der Waals surface area contributed by atoms with Crippen LogP contribution < -0.4 is 0 Å². The molecule has 0 aliphatic carbocycles. The first-order valence-corrected chi connectivity index (χ1v) is 6.86. The van der Waals surface area contributed by atoms with Gasteiger partial charge in [-0.25, -0.2) is 0 Å². The van der Waals surface area contributed by atoms with Crippen molar-refractivity contribution in [2.45, 2.75) is 12.3 Å². The molecule has 3 rings (SSSR count). The zero-order chi connectivity index (χ0) is 13.4. The molecule has 3 aromatic rings. The van der Waals surface area contributed by atoms with Gasteiger partial charge in [-0.15, -0.1) is 11.6 Å². The number of fused-ring (bicyclic) bond motifs is 1. The van der Waals surface area contributed by atoms with Gasteiger partial charge in [-0.2, -0.15) is 0 Å². The lowest BCUT2D eigenvalue weighted by Gasteiger charge is -2.12. The number of furan rings is 1. The first-order valence-electron chi connectivity index (χ1n) is 6.04. The molecule has 0 N–H and O–H groups in total. The Balaban J connectivity index is 2.18. The monoisotopic (exact) mass is 290 g/mol. The lowest BCUT2D eigenvalue weighted by Crippen LogP contribution is -1.93. The minimum Gasteiger partial charge on any atom is -0.464 e. The molecule has 1 unspecified atom stereocenters. The van der Waals surface area contributed by atoms with Gasteiger partial charge in [0.15, 0.2) is 0 Å². The first-order chi connectivity index (χ1) is 9.16. The van der Waals surface area contributed by atoms with E-state index in [1.54, 1.807) is 0 Å². The fourth-order valence-electron chi connectivity index (χ4n) is 2.25. The predicted molar refractivity (Wildman–Crippen MR) is 80.1 cm³/mol. The number of benzene rings is 2. The van der Waals surface area contributed by atoms with Crippen molar-refractivity contribution in [1.82, 2.24) is 0 Å². The third kappa shape index (κ3) is 2.24. The van der Waals surface area contributed by atoms with E-state index in [4.69, 9.17) is 27.6 Å². The molecule has 0 aliphatic heterocycles. The van der Waals surface area contributed by atoms with Gasteiger partial charge in [-0.05, 0) is 36.1 Å². The highest BCUT2D eigenvalue weighted by Crippen LogP contribution is 2.36. The van der Waals surface area contributed by atoms with Crippen molar-refractivity contribution < 1.29 is 4.42 Å². The van der Waals surface area contributed by atoms with Gasteiger partial charge >= 0.3 is 0 Å². The number of alkyl halides is 1. The third-order valence-corrected chi connectivity index (χ3v) is 3.97. The van der Waals surface area contributed by atoms with Gasteiger partial charge in [0.2, 0.25) is 0 Å². The summed E-state index contributed by atoms with van der Waals surface area (Å²) in [5.74, 6) is 1.62. The Labute approximate surface area is 121 Å². The number of rotatable bonds is 2. The maximum Gasteiger partial charge on any atom is 0.126 e. The van der Waals surface area contributed by atoms with Crippen LogP contribution in [-0.2, 0) is 0 Å². The van der Waals surface area contributed by atoms with Crippen molar-refractivity contribution in [2.24, 2.45) is 0 Å². The van der Waals surface area contributed by atoms with Crippen LogP contribution >= 0.6 is 23.2 Å². The molecule has 1 heterocycles. The Morgan fingerprint density at radius 1 is 0.947 bits per heavy atom. The minimum atomic E-state index is -0.309. The second-order valence-electron chi connectivity index (χ2n) is 4.49. The molecule has 0 amide bonds. The largest absolute Gasteiger partial charge is 0.464 e. The maximum atomic E-state index is 6.54. The van der Waals surface area contributed by atoms with Crippen molar-refractivity contribution in [1.29, 1.82) is 0 Å². The van der Waals surface area contributed by atoms with Crippen molar-refractivity contribution in [3.63, 3.8) is 0 Å². The van der Waals surface area contributed by atoms with E-state index in [0.29, 0.717) is 0 Å². The molecule has 3 heteroatoms. The first kappa shape index (κ1) is 12.6. The quantitative estimate of drug-likeness (QED) is 0.550. The van der Waals surface area contributed by atoms with E-state index in [1.807, 2.05) is 55.5 Å². The molecular weight excluding hydrogens is 279 g/mol. The standard InChI is InChI=1S/C16H12Cl2O/c1-10-6-9-15(19-10)16(18)13-7-8-14(17)12-5-3-2-4-11(12)13/h2-9,16H,1H3. The Morgan fingerprint density at radius 3 is 2.37 bits per heavy atom. The van der Waals surface area contributed by atoms with Gasteiger partial charge in [-0.3, -0.25) is 0 Å². The molecule has 96 valence electrons. The van der Waals surface area contributed by atoms with Gasteiger partial charge in [0.1, 0.15) is 16.9 Å². The summed E-state index contributed by atoms with van der Waals surface area (Å²) in [5.41, 5.74) is 1.01. The second kappa shape index (κ2) is 4.92. The van der Waals surface area contributed by atoms with Crippen molar-refractivity contribution in [3.8, 4) is 0 Å². The molecule has 19 heavy (non-hydrogen) atoms. The molecule has 0 spiro atoms. The van der Waals surface area contributed by atoms with Gasteiger partial charge in [0.05, 0.1) is 0 Å². The molecule has 1 aromatic heterocycles. The summed E-state index contributed by atoms with van der Waals surface area (Å²) in [6.45, 7) is 1.91. The average molecular weight is 291 g/mol. The van der Waals surface area contributed by atoms with Crippen LogP contribution in [0.5, 0.6) is 0 Å². The van der Waals surface area contributed by atoms with E-state index in [2.05, 4.69) is 0 Å². The van der Waals surface area contributed by atoms with Crippen LogP contribution in [0.4, 0.5) is 0 Å². The molecule has 2 aromatic carbocycles.